The van der Waals surface area contributed by atoms with Gasteiger partial charge in [0.25, 0.3) is 5.91 Å². The fourth-order valence-corrected chi connectivity index (χ4v) is 2.59. The van der Waals surface area contributed by atoms with Crippen LogP contribution >= 0.6 is 0 Å². The summed E-state index contributed by atoms with van der Waals surface area (Å²) in [6, 6.07) is 5.00. The van der Waals surface area contributed by atoms with E-state index in [9.17, 15) is 4.79 Å². The van der Waals surface area contributed by atoms with Gasteiger partial charge in [0.05, 0.1) is 25.8 Å². The highest BCUT2D eigenvalue weighted by molar-refractivity contribution is 5.96. The number of rotatable bonds is 5. The molecule has 0 bridgehead atoms. The maximum atomic E-state index is 12.6. The van der Waals surface area contributed by atoms with Gasteiger partial charge in [0.1, 0.15) is 17.7 Å². The molecule has 24 heavy (non-hydrogen) atoms. The lowest BCUT2D eigenvalue weighted by molar-refractivity contribution is 0.0619. The van der Waals surface area contributed by atoms with Gasteiger partial charge >= 0.3 is 0 Å². The first-order valence-corrected chi connectivity index (χ1v) is 7.68. The Morgan fingerprint density at radius 1 is 1.29 bits per heavy atom. The molecule has 1 fully saturated rings. The molecule has 8 nitrogen and oxygen atoms in total. The Labute approximate surface area is 139 Å². The van der Waals surface area contributed by atoms with Crippen molar-refractivity contribution in [1.82, 2.24) is 20.3 Å². The molecule has 0 saturated carbocycles. The third kappa shape index (κ3) is 3.77. The lowest BCUT2D eigenvalue weighted by atomic mass is 10.0. The molecule has 1 aliphatic rings. The molecule has 2 aromatic rings. The third-order valence-corrected chi connectivity index (χ3v) is 3.80. The highest BCUT2D eigenvalue weighted by Gasteiger charge is 2.28. The van der Waals surface area contributed by atoms with Crippen molar-refractivity contribution in [2.45, 2.75) is 18.5 Å². The van der Waals surface area contributed by atoms with Crippen molar-refractivity contribution in [3.63, 3.8) is 0 Å². The van der Waals surface area contributed by atoms with Crippen LogP contribution in [-0.2, 0) is 4.74 Å². The maximum Gasteiger partial charge on any atom is 0.257 e. The number of anilines is 1. The zero-order valence-electron chi connectivity index (χ0n) is 13.3. The van der Waals surface area contributed by atoms with Crippen LogP contribution in [0.2, 0.25) is 0 Å². The Morgan fingerprint density at radius 3 is 3.00 bits per heavy atom. The number of carbonyl (C=O) groups is 1. The summed E-state index contributed by atoms with van der Waals surface area (Å²) in [5, 5.41) is 6.31. The number of nitrogens with zero attached hydrogens (tertiary/aromatic N) is 3. The van der Waals surface area contributed by atoms with Gasteiger partial charge in [-0.2, -0.15) is 0 Å². The van der Waals surface area contributed by atoms with Crippen LogP contribution < -0.4 is 15.4 Å². The molecule has 0 spiro atoms. The third-order valence-electron chi connectivity index (χ3n) is 3.80. The van der Waals surface area contributed by atoms with E-state index in [0.717, 1.165) is 0 Å². The first-order valence-electron chi connectivity index (χ1n) is 7.68. The van der Waals surface area contributed by atoms with Crippen molar-refractivity contribution < 1.29 is 14.3 Å². The number of nitrogens with one attached hydrogen (secondary N) is 2. The molecule has 2 aromatic heterocycles. The number of hydrogen-bond acceptors (Lipinski definition) is 7. The molecular weight excluding hydrogens is 310 g/mol. The SMILES string of the molecule is COc1ncccc1C(=O)N[C@H]1CCOC[C@H]1Nc1ccncn1. The Hall–Kier alpha value is -2.74. The molecule has 2 atom stereocenters. The summed E-state index contributed by atoms with van der Waals surface area (Å²) in [7, 11) is 1.49. The smallest absolute Gasteiger partial charge is 0.257 e. The summed E-state index contributed by atoms with van der Waals surface area (Å²) in [5.41, 5.74) is 0.410. The summed E-state index contributed by atoms with van der Waals surface area (Å²) in [5.74, 6) is 0.780. The average molecular weight is 329 g/mol. The fourth-order valence-electron chi connectivity index (χ4n) is 2.59. The van der Waals surface area contributed by atoms with Gasteiger partial charge in [-0.15, -0.1) is 0 Å². The maximum absolute atomic E-state index is 12.6. The number of hydrogen-bond donors (Lipinski definition) is 2. The number of methoxy groups -OCH3 is 1. The minimum absolute atomic E-state index is 0.0831. The van der Waals surface area contributed by atoms with Crippen molar-refractivity contribution >= 4 is 11.7 Å². The number of ether oxygens (including phenoxy) is 2. The summed E-state index contributed by atoms with van der Waals surface area (Å²) in [4.78, 5) is 24.7. The van der Waals surface area contributed by atoms with Crippen molar-refractivity contribution in [2.75, 3.05) is 25.6 Å². The van der Waals surface area contributed by atoms with Crippen LogP contribution in [0.3, 0.4) is 0 Å². The van der Waals surface area contributed by atoms with Gasteiger partial charge in [0.15, 0.2) is 0 Å². The van der Waals surface area contributed by atoms with Gasteiger partial charge in [0, 0.05) is 19.0 Å². The second-order valence-corrected chi connectivity index (χ2v) is 5.35. The van der Waals surface area contributed by atoms with Crippen molar-refractivity contribution in [1.29, 1.82) is 0 Å². The van der Waals surface area contributed by atoms with Crippen LogP contribution in [0.4, 0.5) is 5.82 Å². The van der Waals surface area contributed by atoms with Crippen LogP contribution in [0.1, 0.15) is 16.8 Å². The molecule has 0 aromatic carbocycles. The predicted octanol–water partition coefficient (Wildman–Crippen LogP) is 0.880. The second-order valence-electron chi connectivity index (χ2n) is 5.35. The normalized spacial score (nSPS) is 20.2. The van der Waals surface area contributed by atoms with Crippen LogP contribution in [0, 0.1) is 0 Å². The number of amides is 1. The zero-order valence-corrected chi connectivity index (χ0v) is 13.3. The van der Waals surface area contributed by atoms with E-state index in [1.807, 2.05) is 0 Å². The van der Waals surface area contributed by atoms with Crippen LogP contribution in [0.25, 0.3) is 0 Å². The number of pyridine rings is 1. The summed E-state index contributed by atoms with van der Waals surface area (Å²) < 4.78 is 10.7. The highest BCUT2D eigenvalue weighted by Crippen LogP contribution is 2.17. The molecule has 0 unspecified atom stereocenters. The van der Waals surface area contributed by atoms with E-state index in [1.165, 1.54) is 13.4 Å². The van der Waals surface area contributed by atoms with Crippen LogP contribution in [-0.4, -0.2) is 53.3 Å². The summed E-state index contributed by atoms with van der Waals surface area (Å²) >= 11 is 0. The van der Waals surface area contributed by atoms with Crippen molar-refractivity contribution in [3.8, 4) is 5.88 Å². The van der Waals surface area contributed by atoms with E-state index in [-0.39, 0.29) is 18.0 Å². The van der Waals surface area contributed by atoms with Crippen molar-refractivity contribution in [2.24, 2.45) is 0 Å². The fraction of sp³-hybridized carbons (Fsp3) is 0.375. The van der Waals surface area contributed by atoms with Crippen LogP contribution in [0.5, 0.6) is 5.88 Å². The van der Waals surface area contributed by atoms with Crippen molar-refractivity contribution in [3.05, 3.63) is 42.5 Å². The van der Waals surface area contributed by atoms with Gasteiger partial charge in [-0.25, -0.2) is 15.0 Å². The topological polar surface area (TPSA) is 98.3 Å². The van der Waals surface area contributed by atoms with Gasteiger partial charge in [-0.3, -0.25) is 4.79 Å². The second kappa shape index (κ2) is 7.69. The van der Waals surface area contributed by atoms with Gasteiger partial charge in [0.2, 0.25) is 5.88 Å². The summed E-state index contributed by atoms with van der Waals surface area (Å²) in [6.07, 6.45) is 5.42. The minimum atomic E-state index is -0.221. The molecule has 3 heterocycles. The Balaban J connectivity index is 1.70. The lowest BCUT2D eigenvalue weighted by Gasteiger charge is -2.33. The molecular formula is C16H19N5O3. The number of aromatic nitrogens is 3. The molecule has 0 aliphatic carbocycles. The molecule has 126 valence electrons. The van der Waals surface area contributed by atoms with Gasteiger partial charge in [-0.05, 0) is 24.6 Å². The Bertz CT molecular complexity index is 682. The summed E-state index contributed by atoms with van der Waals surface area (Å²) in [6.45, 7) is 1.08. The first-order chi connectivity index (χ1) is 11.8. The number of carbonyl (C=O) groups excluding carboxylic acids is 1. The monoisotopic (exact) mass is 329 g/mol. The molecule has 8 heteroatoms. The van der Waals surface area contributed by atoms with E-state index in [1.54, 1.807) is 30.6 Å². The molecule has 1 saturated heterocycles. The van der Waals surface area contributed by atoms with Gasteiger partial charge < -0.3 is 20.1 Å². The predicted molar refractivity (Wildman–Crippen MR) is 86.9 cm³/mol. The van der Waals surface area contributed by atoms with E-state index in [0.29, 0.717) is 36.9 Å². The van der Waals surface area contributed by atoms with E-state index in [2.05, 4.69) is 25.6 Å². The molecule has 2 N–H and O–H groups in total. The zero-order chi connectivity index (χ0) is 16.8. The average Bonchev–Trinajstić information content (AvgIpc) is 2.64. The molecule has 1 amide bonds. The van der Waals surface area contributed by atoms with Crippen LogP contribution in [0.15, 0.2) is 36.9 Å². The molecule has 0 radical (unpaired) electrons. The van der Waals surface area contributed by atoms with E-state index >= 15 is 0 Å². The minimum Gasteiger partial charge on any atom is -0.480 e. The largest absolute Gasteiger partial charge is 0.480 e. The van der Waals surface area contributed by atoms with E-state index < -0.39 is 0 Å². The molecule has 3 rings (SSSR count). The Morgan fingerprint density at radius 2 is 2.21 bits per heavy atom. The van der Waals surface area contributed by atoms with E-state index in [4.69, 9.17) is 9.47 Å². The first kappa shape index (κ1) is 16.1. The Kier molecular flexibility index (Phi) is 5.17. The quantitative estimate of drug-likeness (QED) is 0.840. The van der Waals surface area contributed by atoms with Gasteiger partial charge in [-0.1, -0.05) is 0 Å². The molecule has 1 aliphatic heterocycles. The standard InChI is InChI=1S/C16H19N5O3/c1-23-16-11(3-2-6-18-16)15(22)21-12-5-8-24-9-13(12)20-14-4-7-17-10-19-14/h2-4,6-7,10,12-13H,5,8-9H2,1H3,(H,21,22)(H,17,19,20)/t12-,13+/m0/s1. The lowest BCUT2D eigenvalue weighted by Crippen LogP contribution is -2.52. The highest BCUT2D eigenvalue weighted by atomic mass is 16.5.